The molecule has 1 rings (SSSR count). The highest BCUT2D eigenvalue weighted by atomic mass is 16.6. The third-order valence-corrected chi connectivity index (χ3v) is 3.51. The normalized spacial score (nSPS) is 28.7. The van der Waals surface area contributed by atoms with Gasteiger partial charge in [0.1, 0.15) is 18.5 Å². The van der Waals surface area contributed by atoms with Gasteiger partial charge in [0.2, 0.25) is 0 Å². The van der Waals surface area contributed by atoms with E-state index < -0.39 is 36.2 Å². The van der Waals surface area contributed by atoms with E-state index in [2.05, 4.69) is 0 Å². The van der Waals surface area contributed by atoms with Crippen LogP contribution in [0.3, 0.4) is 0 Å². The topological polar surface area (TPSA) is 96.0 Å². The van der Waals surface area contributed by atoms with Crippen LogP contribution < -0.4 is 0 Å². The Morgan fingerprint density at radius 3 is 1.50 bits per heavy atom. The van der Waals surface area contributed by atoms with Crippen molar-refractivity contribution in [2.75, 3.05) is 0 Å². The van der Waals surface area contributed by atoms with Crippen molar-refractivity contribution in [3.8, 4) is 0 Å². The SMILES string of the molecule is CC(=O)OC1CCC(C=O)CCC(OC(C)=O)C1OC(C)=O. The van der Waals surface area contributed by atoms with Crippen molar-refractivity contribution in [1.29, 1.82) is 0 Å². The van der Waals surface area contributed by atoms with E-state index in [0.29, 0.717) is 25.7 Å². The zero-order valence-electron chi connectivity index (χ0n) is 13.1. The second-order valence-corrected chi connectivity index (χ2v) is 5.42. The minimum atomic E-state index is -0.863. The van der Waals surface area contributed by atoms with Crippen LogP contribution in [0.4, 0.5) is 0 Å². The number of rotatable bonds is 4. The van der Waals surface area contributed by atoms with E-state index >= 15 is 0 Å². The summed E-state index contributed by atoms with van der Waals surface area (Å²) in [5.74, 6) is -1.79. The monoisotopic (exact) mass is 314 g/mol. The minimum absolute atomic E-state index is 0.200. The van der Waals surface area contributed by atoms with E-state index in [4.69, 9.17) is 14.2 Å². The Morgan fingerprint density at radius 2 is 1.18 bits per heavy atom. The van der Waals surface area contributed by atoms with E-state index in [9.17, 15) is 19.2 Å². The predicted molar refractivity (Wildman–Crippen MR) is 74.7 cm³/mol. The van der Waals surface area contributed by atoms with Crippen LogP contribution in [0, 0.1) is 5.92 Å². The average Bonchev–Trinajstić information content (AvgIpc) is 2.39. The van der Waals surface area contributed by atoms with Crippen molar-refractivity contribution in [1.82, 2.24) is 0 Å². The summed E-state index contributed by atoms with van der Waals surface area (Å²) in [6, 6.07) is 0. The van der Waals surface area contributed by atoms with Gasteiger partial charge < -0.3 is 19.0 Å². The molecule has 0 radical (unpaired) electrons. The Hall–Kier alpha value is -1.92. The fourth-order valence-corrected chi connectivity index (χ4v) is 2.63. The molecule has 0 aromatic carbocycles. The number of carbonyl (C=O) groups is 4. The Labute approximate surface area is 129 Å². The highest BCUT2D eigenvalue weighted by Crippen LogP contribution is 2.28. The summed E-state index contributed by atoms with van der Waals surface area (Å²) in [6.45, 7) is 3.74. The lowest BCUT2D eigenvalue weighted by Gasteiger charge is -2.34. The molecule has 7 nitrogen and oxygen atoms in total. The molecule has 0 bridgehead atoms. The van der Waals surface area contributed by atoms with Crippen molar-refractivity contribution >= 4 is 24.2 Å². The maximum atomic E-state index is 11.3. The Bertz CT molecular complexity index is 404. The molecule has 2 atom stereocenters. The average molecular weight is 314 g/mol. The van der Waals surface area contributed by atoms with Gasteiger partial charge in [-0.05, 0) is 25.7 Å². The summed E-state index contributed by atoms with van der Waals surface area (Å²) in [4.78, 5) is 44.9. The Morgan fingerprint density at radius 1 is 0.773 bits per heavy atom. The first-order valence-corrected chi connectivity index (χ1v) is 7.30. The first-order chi connectivity index (χ1) is 10.3. The zero-order chi connectivity index (χ0) is 16.7. The molecule has 1 aliphatic rings. The predicted octanol–water partition coefficient (Wildman–Crippen LogP) is 1.17. The standard InChI is InChI=1S/C15H22O7/c1-9(17)20-13-6-4-12(8-16)5-7-14(21-10(2)18)15(13)22-11(3)19/h8,12-15H,4-7H2,1-3H3. The second kappa shape index (κ2) is 8.51. The second-order valence-electron chi connectivity index (χ2n) is 5.42. The third kappa shape index (κ3) is 5.83. The quantitative estimate of drug-likeness (QED) is 0.436. The summed E-state index contributed by atoms with van der Waals surface area (Å²) in [6.07, 6.45) is 0.261. The van der Waals surface area contributed by atoms with Gasteiger partial charge in [-0.1, -0.05) is 0 Å². The molecule has 7 heteroatoms. The van der Waals surface area contributed by atoms with Gasteiger partial charge in [-0.15, -0.1) is 0 Å². The number of hydrogen-bond donors (Lipinski definition) is 0. The molecule has 0 N–H and O–H groups in total. The van der Waals surface area contributed by atoms with Crippen LogP contribution in [0.5, 0.6) is 0 Å². The van der Waals surface area contributed by atoms with Crippen molar-refractivity contribution < 1.29 is 33.4 Å². The van der Waals surface area contributed by atoms with Gasteiger partial charge in [-0.25, -0.2) is 0 Å². The van der Waals surface area contributed by atoms with Crippen LogP contribution in [-0.2, 0) is 33.4 Å². The molecule has 1 fully saturated rings. The fraction of sp³-hybridized carbons (Fsp3) is 0.733. The molecule has 1 aliphatic carbocycles. The van der Waals surface area contributed by atoms with E-state index in [-0.39, 0.29) is 5.92 Å². The molecule has 0 aromatic rings. The summed E-state index contributed by atoms with van der Waals surface area (Å²) < 4.78 is 15.7. The van der Waals surface area contributed by atoms with Crippen LogP contribution in [0.2, 0.25) is 0 Å². The zero-order valence-corrected chi connectivity index (χ0v) is 13.1. The minimum Gasteiger partial charge on any atom is -0.458 e. The number of ether oxygens (including phenoxy) is 3. The summed E-state index contributed by atoms with van der Waals surface area (Å²) in [5.41, 5.74) is 0. The van der Waals surface area contributed by atoms with E-state index in [1.807, 2.05) is 0 Å². The van der Waals surface area contributed by atoms with E-state index in [1.54, 1.807) is 0 Å². The maximum Gasteiger partial charge on any atom is 0.303 e. The number of esters is 3. The molecule has 0 aliphatic heterocycles. The van der Waals surface area contributed by atoms with Crippen LogP contribution in [0.25, 0.3) is 0 Å². The van der Waals surface area contributed by atoms with Crippen LogP contribution in [-0.4, -0.2) is 42.5 Å². The molecule has 2 unspecified atom stereocenters. The maximum absolute atomic E-state index is 11.3. The highest BCUT2D eigenvalue weighted by molar-refractivity contribution is 5.68. The van der Waals surface area contributed by atoms with Gasteiger partial charge >= 0.3 is 17.9 Å². The van der Waals surface area contributed by atoms with Crippen LogP contribution in [0.15, 0.2) is 0 Å². The first-order valence-electron chi connectivity index (χ1n) is 7.30. The first kappa shape index (κ1) is 18.1. The molecule has 0 heterocycles. The molecule has 124 valence electrons. The molecular weight excluding hydrogens is 292 g/mol. The van der Waals surface area contributed by atoms with Crippen molar-refractivity contribution in [3.05, 3.63) is 0 Å². The van der Waals surface area contributed by atoms with Gasteiger partial charge in [-0.2, -0.15) is 0 Å². The van der Waals surface area contributed by atoms with E-state index in [1.165, 1.54) is 20.8 Å². The van der Waals surface area contributed by atoms with Gasteiger partial charge in [0.25, 0.3) is 0 Å². The van der Waals surface area contributed by atoms with Crippen LogP contribution >= 0.6 is 0 Å². The van der Waals surface area contributed by atoms with Gasteiger partial charge in [0.15, 0.2) is 6.10 Å². The van der Waals surface area contributed by atoms with Gasteiger partial charge in [-0.3, -0.25) is 14.4 Å². The lowest BCUT2D eigenvalue weighted by molar-refractivity contribution is -0.185. The molecule has 0 spiro atoms. The smallest absolute Gasteiger partial charge is 0.303 e. The third-order valence-electron chi connectivity index (χ3n) is 3.51. The largest absolute Gasteiger partial charge is 0.458 e. The lowest BCUT2D eigenvalue weighted by atomic mass is 9.87. The molecule has 1 saturated carbocycles. The number of aldehydes is 1. The number of carbonyl (C=O) groups excluding carboxylic acids is 4. The van der Waals surface area contributed by atoms with Crippen LogP contribution in [0.1, 0.15) is 46.5 Å². The molecule has 0 aromatic heterocycles. The molecular formula is C15H22O7. The summed E-state index contributed by atoms with van der Waals surface area (Å²) in [5, 5.41) is 0. The fourth-order valence-electron chi connectivity index (χ4n) is 2.63. The summed E-state index contributed by atoms with van der Waals surface area (Å²) >= 11 is 0. The summed E-state index contributed by atoms with van der Waals surface area (Å²) in [7, 11) is 0. The number of hydrogen-bond acceptors (Lipinski definition) is 7. The van der Waals surface area contributed by atoms with Gasteiger partial charge in [0.05, 0.1) is 0 Å². The van der Waals surface area contributed by atoms with Crippen molar-refractivity contribution in [3.63, 3.8) is 0 Å². The van der Waals surface area contributed by atoms with Crippen molar-refractivity contribution in [2.24, 2.45) is 5.92 Å². The Balaban J connectivity index is 3.02. The van der Waals surface area contributed by atoms with Crippen molar-refractivity contribution in [2.45, 2.75) is 64.8 Å². The molecule has 0 amide bonds. The van der Waals surface area contributed by atoms with Gasteiger partial charge in [0, 0.05) is 26.7 Å². The molecule has 0 saturated heterocycles. The highest BCUT2D eigenvalue weighted by Gasteiger charge is 2.38. The molecule has 22 heavy (non-hydrogen) atoms. The van der Waals surface area contributed by atoms with E-state index in [0.717, 1.165) is 6.29 Å². The Kier molecular flexibility index (Phi) is 7.01. The lowest BCUT2D eigenvalue weighted by Crippen LogP contribution is -2.46.